The van der Waals surface area contributed by atoms with Gasteiger partial charge in [-0.05, 0) is 38.0 Å². The van der Waals surface area contributed by atoms with Crippen LogP contribution >= 0.6 is 11.6 Å². The highest BCUT2D eigenvalue weighted by Gasteiger charge is 2.58. The zero-order valence-corrected chi connectivity index (χ0v) is 19.3. The van der Waals surface area contributed by atoms with Gasteiger partial charge in [-0.25, -0.2) is 19.2 Å². The molecule has 2 bridgehead atoms. The SMILES string of the molecule is COCc1cn2c(Nc3cc([C@@H]4CC[C@H](OC(=O)NC56CC(C5)C6)[C@@H]4F)[nH]n3)ncc(Cl)c2n1. The molecular weight excluding hydrogens is 465 g/mol. The van der Waals surface area contributed by atoms with Crippen LogP contribution in [0.5, 0.6) is 0 Å². The maximum atomic E-state index is 15.2. The van der Waals surface area contributed by atoms with Gasteiger partial charge in [-0.3, -0.25) is 9.50 Å². The number of carbonyl (C=O) groups is 1. The molecule has 3 aromatic heterocycles. The number of nitrogens with one attached hydrogen (secondary N) is 3. The summed E-state index contributed by atoms with van der Waals surface area (Å²) in [5.74, 6) is 1.25. The quantitative estimate of drug-likeness (QED) is 0.461. The summed E-state index contributed by atoms with van der Waals surface area (Å²) in [6.45, 7) is 0.340. The minimum atomic E-state index is -1.31. The molecule has 7 rings (SSSR count). The topological polar surface area (TPSA) is 118 Å². The molecule has 4 saturated carbocycles. The summed E-state index contributed by atoms with van der Waals surface area (Å²) in [4.78, 5) is 21.0. The molecule has 0 saturated heterocycles. The Bertz CT molecular complexity index is 1230. The summed E-state index contributed by atoms with van der Waals surface area (Å²) in [5.41, 5.74) is 1.80. The molecule has 0 aromatic carbocycles. The summed E-state index contributed by atoms with van der Waals surface area (Å²) in [6, 6.07) is 1.75. The smallest absolute Gasteiger partial charge is 0.407 e. The number of fused-ring (bicyclic) bond motifs is 1. The Kier molecular flexibility index (Phi) is 5.14. The molecule has 0 radical (unpaired) electrons. The highest BCUT2D eigenvalue weighted by Crippen LogP contribution is 2.57. The van der Waals surface area contributed by atoms with Gasteiger partial charge in [0.05, 0.1) is 18.5 Å². The molecule has 3 N–H and O–H groups in total. The largest absolute Gasteiger partial charge is 0.443 e. The van der Waals surface area contributed by atoms with Crippen LogP contribution in [0.25, 0.3) is 5.65 Å². The van der Waals surface area contributed by atoms with Crippen molar-refractivity contribution in [3.8, 4) is 0 Å². The van der Waals surface area contributed by atoms with Crippen LogP contribution in [0.1, 0.15) is 49.4 Å². The minimum absolute atomic E-state index is 0.0871. The number of alkyl carbamates (subject to hydrolysis) is 1. The van der Waals surface area contributed by atoms with Gasteiger partial charge < -0.3 is 20.1 Å². The lowest BCUT2D eigenvalue weighted by Crippen LogP contribution is -2.68. The number of methoxy groups -OCH3 is 1. The number of hydrogen-bond acceptors (Lipinski definition) is 7. The first-order valence-corrected chi connectivity index (χ1v) is 11.8. The van der Waals surface area contributed by atoms with Crippen LogP contribution in [0.3, 0.4) is 0 Å². The predicted molar refractivity (Wildman–Crippen MR) is 121 cm³/mol. The van der Waals surface area contributed by atoms with Gasteiger partial charge >= 0.3 is 6.09 Å². The number of alkyl halides is 1. The van der Waals surface area contributed by atoms with Crippen LogP contribution < -0.4 is 10.6 Å². The lowest BCUT2D eigenvalue weighted by atomic mass is 9.50. The molecule has 12 heteroatoms. The van der Waals surface area contributed by atoms with Crippen molar-refractivity contribution in [3.63, 3.8) is 0 Å². The van der Waals surface area contributed by atoms with Crippen LogP contribution in [0.4, 0.5) is 21.0 Å². The number of amides is 1. The molecule has 3 aromatic rings. The average Bonchev–Trinajstić information content (AvgIpc) is 3.47. The summed E-state index contributed by atoms with van der Waals surface area (Å²) >= 11 is 6.23. The molecule has 3 atom stereocenters. The third-order valence-corrected chi connectivity index (χ3v) is 7.46. The van der Waals surface area contributed by atoms with E-state index in [2.05, 4.69) is 30.8 Å². The fourth-order valence-corrected chi connectivity index (χ4v) is 5.58. The molecule has 0 aliphatic heterocycles. The second kappa shape index (κ2) is 8.09. The van der Waals surface area contributed by atoms with Gasteiger partial charge in [0, 0.05) is 36.5 Å². The van der Waals surface area contributed by atoms with E-state index in [1.807, 2.05) is 0 Å². The molecule has 34 heavy (non-hydrogen) atoms. The number of aromatic amines is 1. The van der Waals surface area contributed by atoms with E-state index < -0.39 is 24.3 Å². The number of imidazole rings is 1. The Morgan fingerprint density at radius 1 is 1.38 bits per heavy atom. The first-order valence-electron chi connectivity index (χ1n) is 11.4. The van der Waals surface area contributed by atoms with E-state index in [4.69, 9.17) is 21.1 Å². The van der Waals surface area contributed by atoms with E-state index >= 15 is 4.39 Å². The zero-order valence-electron chi connectivity index (χ0n) is 18.6. The second-order valence-corrected chi connectivity index (χ2v) is 9.99. The monoisotopic (exact) mass is 489 g/mol. The van der Waals surface area contributed by atoms with Crippen molar-refractivity contribution in [1.82, 2.24) is 29.9 Å². The number of carbonyl (C=O) groups excluding carboxylic acids is 1. The number of H-pyrrole nitrogens is 1. The van der Waals surface area contributed by atoms with Crippen molar-refractivity contribution in [3.05, 3.63) is 34.9 Å². The van der Waals surface area contributed by atoms with Crippen LogP contribution in [0.15, 0.2) is 18.5 Å². The van der Waals surface area contributed by atoms with Gasteiger partial charge in [0.1, 0.15) is 17.3 Å². The standard InChI is InChI=1S/C22H25ClFN7O3/c1-33-10-12-9-31-19(26-12)14(23)8-25-20(31)27-17-4-15(29-30-17)13-2-3-16(18(13)24)34-21(32)28-22-5-11(6-22)7-22/h4,8-9,11,13,16,18H,2-3,5-7,10H2,1H3,(H,28,32)(H2,25,27,29,30)/t11?,13-,16-,18+,22?/m0/s1. The summed E-state index contributed by atoms with van der Waals surface area (Å²) in [6.07, 6.45) is 4.76. The van der Waals surface area contributed by atoms with Gasteiger partial charge in [0.25, 0.3) is 0 Å². The summed E-state index contributed by atoms with van der Waals surface area (Å²) in [7, 11) is 1.59. The molecular formula is C22H25ClFN7O3. The third kappa shape index (κ3) is 3.67. The molecule has 0 unspecified atom stereocenters. The second-order valence-electron chi connectivity index (χ2n) is 9.58. The Labute approximate surface area is 199 Å². The fraction of sp³-hybridized carbons (Fsp3) is 0.545. The van der Waals surface area contributed by atoms with Crippen LogP contribution in [-0.2, 0) is 16.1 Å². The summed E-state index contributed by atoms with van der Waals surface area (Å²) in [5, 5.41) is 13.6. The van der Waals surface area contributed by atoms with Gasteiger partial charge in [-0.15, -0.1) is 0 Å². The molecule has 1 amide bonds. The van der Waals surface area contributed by atoms with Gasteiger partial charge in [-0.2, -0.15) is 5.10 Å². The molecule has 4 aliphatic rings. The van der Waals surface area contributed by atoms with Crippen molar-refractivity contribution < 1.29 is 18.7 Å². The molecule has 180 valence electrons. The van der Waals surface area contributed by atoms with Crippen molar-refractivity contribution >= 4 is 35.1 Å². The van der Waals surface area contributed by atoms with Crippen LogP contribution in [0, 0.1) is 5.92 Å². The lowest BCUT2D eigenvalue weighted by Gasteiger charge is -2.61. The maximum absolute atomic E-state index is 15.2. The highest BCUT2D eigenvalue weighted by atomic mass is 35.5. The van der Waals surface area contributed by atoms with Gasteiger partial charge in [0.15, 0.2) is 11.5 Å². The van der Waals surface area contributed by atoms with E-state index in [-0.39, 0.29) is 5.54 Å². The predicted octanol–water partition coefficient (Wildman–Crippen LogP) is 3.86. The number of anilines is 2. The number of nitrogens with zero attached hydrogens (tertiary/aromatic N) is 4. The Balaban J connectivity index is 1.12. The molecule has 3 heterocycles. The highest BCUT2D eigenvalue weighted by molar-refractivity contribution is 6.33. The third-order valence-electron chi connectivity index (χ3n) is 7.19. The van der Waals surface area contributed by atoms with E-state index in [0.717, 1.165) is 25.2 Å². The molecule has 4 fully saturated rings. The van der Waals surface area contributed by atoms with E-state index in [1.165, 1.54) is 6.20 Å². The van der Waals surface area contributed by atoms with Crippen LogP contribution in [-0.4, -0.2) is 55.6 Å². The van der Waals surface area contributed by atoms with Crippen molar-refractivity contribution in [1.29, 1.82) is 0 Å². The van der Waals surface area contributed by atoms with Crippen LogP contribution in [0.2, 0.25) is 5.02 Å². The average molecular weight is 490 g/mol. The molecule has 10 nitrogen and oxygen atoms in total. The molecule has 0 spiro atoms. The Hall–Kier alpha value is -2.92. The first kappa shape index (κ1) is 21.6. The number of hydrogen-bond donors (Lipinski definition) is 3. The van der Waals surface area contributed by atoms with E-state index in [9.17, 15) is 4.79 Å². The van der Waals surface area contributed by atoms with Crippen molar-refractivity contribution in [2.75, 3.05) is 12.4 Å². The Morgan fingerprint density at radius 3 is 2.94 bits per heavy atom. The first-order chi connectivity index (χ1) is 16.4. The normalized spacial score (nSPS) is 29.5. The molecule has 4 aliphatic carbocycles. The number of rotatable bonds is 7. The number of halogens is 2. The fourth-order valence-electron chi connectivity index (χ4n) is 5.40. The van der Waals surface area contributed by atoms with E-state index in [0.29, 0.717) is 53.3 Å². The van der Waals surface area contributed by atoms with Gasteiger partial charge in [-0.1, -0.05) is 11.6 Å². The van der Waals surface area contributed by atoms with Gasteiger partial charge in [0.2, 0.25) is 5.95 Å². The lowest BCUT2D eigenvalue weighted by molar-refractivity contribution is -0.0532. The van der Waals surface area contributed by atoms with E-state index in [1.54, 1.807) is 23.8 Å². The summed E-state index contributed by atoms with van der Waals surface area (Å²) < 4.78 is 27.5. The van der Waals surface area contributed by atoms with Crippen molar-refractivity contribution in [2.24, 2.45) is 5.92 Å². The zero-order chi connectivity index (χ0) is 23.4. The minimum Gasteiger partial charge on any atom is -0.443 e. The van der Waals surface area contributed by atoms with Crippen molar-refractivity contribution in [2.45, 2.75) is 62.4 Å². The number of aromatic nitrogens is 5. The maximum Gasteiger partial charge on any atom is 0.407 e. The Morgan fingerprint density at radius 2 is 2.21 bits per heavy atom. The number of ether oxygens (including phenoxy) is 2.